The van der Waals surface area contributed by atoms with E-state index in [1.807, 2.05) is 72.9 Å². The van der Waals surface area contributed by atoms with Gasteiger partial charge < -0.3 is 30.2 Å². The molecule has 2 fully saturated rings. The van der Waals surface area contributed by atoms with Crippen LogP contribution in [0.5, 0.6) is 5.75 Å². The van der Waals surface area contributed by atoms with Gasteiger partial charge in [-0.3, -0.25) is 29.3 Å². The third-order valence-corrected chi connectivity index (χ3v) is 11.7. The van der Waals surface area contributed by atoms with Crippen molar-refractivity contribution in [3.8, 4) is 5.75 Å². The largest absolute Gasteiger partial charge is 0.506 e. The molecule has 67 heavy (non-hydrogen) atoms. The van der Waals surface area contributed by atoms with E-state index >= 15 is 0 Å². The van der Waals surface area contributed by atoms with Crippen LogP contribution in [-0.2, 0) is 20.7 Å². The number of pyridine rings is 1. The Balaban J connectivity index is 0.000000288. The van der Waals surface area contributed by atoms with E-state index in [2.05, 4.69) is 80.5 Å². The smallest absolute Gasteiger partial charge is 0.222 e. The van der Waals surface area contributed by atoms with Gasteiger partial charge in [0.25, 0.3) is 0 Å². The standard InChI is InChI=1S/C23H29N3O3.C23H28N2O.C7H13NO2.C2H6/c1-17(2)23(29)22-14-20(7-5-18(22)16-27)26-12-10-25(11-13-26)9-3-4-19-6-8-21(28)15-24-19;1-5-24-15-22(16(2)3)21-11-9-18(13-17(21)4)19-10-12-23(25-14-19)26-20-7-6-8-20;1-6(4-3-5-9)7(10)8-2;1-2/h5-8,14-17,28H,3-4,9-13H2,1-2H3;5,9-15,20,23,25H,2,6-8H2,1,3-4H3;5-6H,3-4H2,1-2H3,(H,8,10);1-2H3/b;22-15+,24-5?;;. The van der Waals surface area contributed by atoms with Gasteiger partial charge >= 0.3 is 0 Å². The van der Waals surface area contributed by atoms with Crippen molar-refractivity contribution in [1.29, 1.82) is 0 Å². The zero-order valence-electron chi connectivity index (χ0n) is 41.5. The van der Waals surface area contributed by atoms with Gasteiger partial charge in [-0.15, -0.1) is 0 Å². The number of piperazine rings is 1. The predicted octanol–water partition coefficient (Wildman–Crippen LogP) is 9.97. The predicted molar refractivity (Wildman–Crippen MR) is 275 cm³/mol. The molecule has 0 radical (unpaired) electrons. The van der Waals surface area contributed by atoms with Crippen molar-refractivity contribution in [2.75, 3.05) is 44.7 Å². The molecule has 12 nitrogen and oxygen atoms in total. The number of benzene rings is 2. The molecule has 362 valence electrons. The number of aromatic nitrogens is 1. The topological polar surface area (TPSA) is 154 Å². The summed E-state index contributed by atoms with van der Waals surface area (Å²) < 4.78 is 5.98. The number of Topliss-reactive ketones (excluding diaryl/α,β-unsaturated/α-hetero) is 1. The Morgan fingerprint density at radius 1 is 1.03 bits per heavy atom. The van der Waals surface area contributed by atoms with Gasteiger partial charge in [0.05, 0.1) is 12.3 Å². The molecule has 3 heterocycles. The second-order valence-corrected chi connectivity index (χ2v) is 17.1. The lowest BCUT2D eigenvalue weighted by molar-refractivity contribution is -0.124. The number of amides is 1. The van der Waals surface area contributed by atoms with Gasteiger partial charge in [-0.1, -0.05) is 65.5 Å². The van der Waals surface area contributed by atoms with Gasteiger partial charge in [0.15, 0.2) is 12.1 Å². The average Bonchev–Trinajstić information content (AvgIpc) is 3.33. The third-order valence-electron chi connectivity index (χ3n) is 11.7. The van der Waals surface area contributed by atoms with E-state index in [0.29, 0.717) is 30.1 Å². The normalized spacial score (nSPS) is 16.4. The number of carbonyl (C=O) groups excluding carboxylic acids is 4. The third kappa shape index (κ3) is 18.0. The summed E-state index contributed by atoms with van der Waals surface area (Å²) >= 11 is 0. The quantitative estimate of drug-likeness (QED) is 0.0487. The lowest BCUT2D eigenvalue weighted by Crippen LogP contribution is -2.46. The summed E-state index contributed by atoms with van der Waals surface area (Å²) in [7, 11) is 1.60. The Bertz CT molecular complexity index is 2180. The molecule has 3 aliphatic rings. The van der Waals surface area contributed by atoms with Gasteiger partial charge in [-0.25, -0.2) is 0 Å². The molecule has 1 amide bonds. The zero-order chi connectivity index (χ0) is 49.3. The van der Waals surface area contributed by atoms with Crippen LogP contribution in [0.25, 0.3) is 11.1 Å². The van der Waals surface area contributed by atoms with E-state index in [1.165, 1.54) is 47.7 Å². The van der Waals surface area contributed by atoms with Crippen LogP contribution < -0.4 is 15.5 Å². The molecular formula is C55H76N6O6. The number of nitrogens with one attached hydrogen (secondary N) is 2. The van der Waals surface area contributed by atoms with Crippen molar-refractivity contribution in [3.05, 3.63) is 125 Å². The SMILES string of the molecule is C=C(C)/C(=C\N=CC)c1ccc(C2=CNC(OC3CCC3)C=C2)cc1C.CC.CC(C)C(=O)c1cc(N2CCN(CCCc3ccc(O)cn3)CC2)ccc1C=O.CNC(=O)C(C)CCC=O. The van der Waals surface area contributed by atoms with E-state index in [9.17, 15) is 24.3 Å². The molecular weight excluding hydrogens is 841 g/mol. The minimum absolute atomic E-state index is 0.00171. The molecule has 6 rings (SSSR count). The van der Waals surface area contributed by atoms with Crippen molar-refractivity contribution in [2.24, 2.45) is 16.8 Å². The minimum Gasteiger partial charge on any atom is -0.506 e. The summed E-state index contributed by atoms with van der Waals surface area (Å²) in [6.07, 6.45) is 20.2. The van der Waals surface area contributed by atoms with Gasteiger partial charge in [0, 0.05) is 98.2 Å². The number of nitrogens with zero attached hydrogens (tertiary/aromatic N) is 4. The molecule has 3 N–H and O–H groups in total. The van der Waals surface area contributed by atoms with E-state index < -0.39 is 0 Å². The van der Waals surface area contributed by atoms with E-state index in [0.717, 1.165) is 80.7 Å². The maximum Gasteiger partial charge on any atom is 0.222 e. The number of allylic oxidation sites excluding steroid dienone is 4. The van der Waals surface area contributed by atoms with Gasteiger partial charge in [-0.05, 0) is 130 Å². The van der Waals surface area contributed by atoms with Crippen LogP contribution in [0.1, 0.15) is 130 Å². The Hall–Kier alpha value is -5.98. The number of aliphatic imine (C=N–C) groups is 1. The Labute approximate surface area is 400 Å². The first-order chi connectivity index (χ1) is 32.3. The second-order valence-electron chi connectivity index (χ2n) is 17.1. The monoisotopic (exact) mass is 917 g/mol. The number of dihydropyridines is 1. The maximum atomic E-state index is 12.5. The molecule has 2 atom stereocenters. The molecule has 3 aromatic rings. The number of aromatic hydroxyl groups is 1. The van der Waals surface area contributed by atoms with Gasteiger partial charge in [-0.2, -0.15) is 0 Å². The van der Waals surface area contributed by atoms with Crippen LogP contribution in [0.4, 0.5) is 5.69 Å². The van der Waals surface area contributed by atoms with Crippen LogP contribution >= 0.6 is 0 Å². The highest BCUT2D eigenvalue weighted by Crippen LogP contribution is 2.30. The van der Waals surface area contributed by atoms with Crippen LogP contribution in [0.2, 0.25) is 0 Å². The molecule has 1 saturated heterocycles. The van der Waals surface area contributed by atoms with Crippen molar-refractivity contribution in [3.63, 3.8) is 0 Å². The molecule has 1 saturated carbocycles. The number of aryl methyl sites for hydroxylation is 2. The number of ether oxygens (including phenoxy) is 1. The lowest BCUT2D eigenvalue weighted by Gasteiger charge is -2.36. The first-order valence-electron chi connectivity index (χ1n) is 23.9. The number of anilines is 1. The molecule has 2 aromatic carbocycles. The summed E-state index contributed by atoms with van der Waals surface area (Å²) in [4.78, 5) is 57.7. The molecule has 1 aromatic heterocycles. The van der Waals surface area contributed by atoms with Crippen LogP contribution in [0, 0.1) is 18.8 Å². The van der Waals surface area contributed by atoms with Gasteiger partial charge in [0.1, 0.15) is 18.3 Å². The van der Waals surface area contributed by atoms with E-state index in [4.69, 9.17) is 4.74 Å². The highest BCUT2D eigenvalue weighted by atomic mass is 16.5. The van der Waals surface area contributed by atoms with Gasteiger partial charge in [0.2, 0.25) is 5.91 Å². The summed E-state index contributed by atoms with van der Waals surface area (Å²) in [5, 5.41) is 15.2. The van der Waals surface area contributed by atoms with Crippen molar-refractivity contribution in [2.45, 2.75) is 113 Å². The van der Waals surface area contributed by atoms with Crippen molar-refractivity contribution >= 4 is 47.3 Å². The summed E-state index contributed by atoms with van der Waals surface area (Å²) in [6, 6.07) is 15.6. The van der Waals surface area contributed by atoms with E-state index in [-0.39, 0.29) is 35.5 Å². The lowest BCUT2D eigenvalue weighted by atomic mass is 9.93. The maximum absolute atomic E-state index is 12.5. The highest BCUT2D eigenvalue weighted by Gasteiger charge is 2.23. The summed E-state index contributed by atoms with van der Waals surface area (Å²) in [5.74, 6) is 0.0284. The number of carbonyl (C=O) groups is 4. The number of hydrogen-bond acceptors (Lipinski definition) is 11. The molecule has 2 aliphatic heterocycles. The Morgan fingerprint density at radius 2 is 1.76 bits per heavy atom. The first kappa shape index (κ1) is 55.3. The number of hydrogen-bond donors (Lipinski definition) is 3. The van der Waals surface area contributed by atoms with Crippen LogP contribution in [-0.4, -0.2) is 97.6 Å². The highest BCUT2D eigenvalue weighted by molar-refractivity contribution is 6.04. The fourth-order valence-corrected chi connectivity index (χ4v) is 7.49. The summed E-state index contributed by atoms with van der Waals surface area (Å²) in [5.41, 5.74) is 9.83. The zero-order valence-corrected chi connectivity index (χ0v) is 41.5. The molecule has 0 spiro atoms. The summed E-state index contributed by atoms with van der Waals surface area (Å²) in [6.45, 7) is 24.4. The molecule has 2 unspecified atom stereocenters. The van der Waals surface area contributed by atoms with Crippen molar-refractivity contribution in [1.82, 2.24) is 20.5 Å². The van der Waals surface area contributed by atoms with Crippen LogP contribution in [0.15, 0.2) is 96.4 Å². The number of rotatable bonds is 18. The first-order valence-corrected chi connectivity index (χ1v) is 23.9. The minimum atomic E-state index is -0.135. The molecule has 0 bridgehead atoms. The number of aldehydes is 2. The van der Waals surface area contributed by atoms with Crippen molar-refractivity contribution < 1.29 is 29.0 Å². The Morgan fingerprint density at radius 3 is 2.30 bits per heavy atom. The Kier molecular flexibility index (Phi) is 24.5. The fourth-order valence-electron chi connectivity index (χ4n) is 7.49. The fraction of sp³-hybridized carbons (Fsp3) is 0.455. The molecule has 1 aliphatic carbocycles. The average molecular weight is 917 g/mol. The van der Waals surface area contributed by atoms with E-state index in [1.54, 1.807) is 25.4 Å². The van der Waals surface area contributed by atoms with Crippen LogP contribution in [0.3, 0.4) is 0 Å². The number of ketones is 1. The molecule has 12 heteroatoms. The second kappa shape index (κ2) is 29.6.